The van der Waals surface area contributed by atoms with Gasteiger partial charge in [-0.2, -0.15) is 5.10 Å². The van der Waals surface area contributed by atoms with Gasteiger partial charge in [0.2, 0.25) is 0 Å². The van der Waals surface area contributed by atoms with Crippen molar-refractivity contribution in [2.24, 2.45) is 5.10 Å². The number of imide groups is 1. The summed E-state index contributed by atoms with van der Waals surface area (Å²) in [5.41, 5.74) is 4.36. The number of hydrogen-bond acceptors (Lipinski definition) is 5. The molecule has 114 valence electrons. The molecule has 2 N–H and O–H groups in total. The highest BCUT2D eigenvalue weighted by Crippen LogP contribution is 2.32. The summed E-state index contributed by atoms with van der Waals surface area (Å²) in [7, 11) is 0. The lowest BCUT2D eigenvalue weighted by Gasteiger charge is -2.14. The number of phenolic OH excluding ortho intramolecular Hbond substituents is 1. The molecular formula is C17H13N3O3. The number of aromatic hydroxyl groups is 1. The second kappa shape index (κ2) is 4.95. The van der Waals surface area contributed by atoms with Crippen LogP contribution in [0.5, 0.6) is 5.75 Å². The van der Waals surface area contributed by atoms with Crippen molar-refractivity contribution < 1.29 is 14.7 Å². The molecule has 2 aliphatic heterocycles. The van der Waals surface area contributed by atoms with Crippen LogP contribution in [0.15, 0.2) is 53.6 Å². The van der Waals surface area contributed by atoms with Crippen LogP contribution in [0, 0.1) is 0 Å². The number of amides is 2. The van der Waals surface area contributed by atoms with E-state index in [4.69, 9.17) is 0 Å². The highest BCUT2D eigenvalue weighted by Gasteiger charge is 2.40. The molecule has 4 rings (SSSR count). The maximum atomic E-state index is 12.5. The molecule has 0 fully saturated rings. The molecule has 0 spiro atoms. The largest absolute Gasteiger partial charge is 0.508 e. The number of para-hydroxylation sites is 1. The Labute approximate surface area is 132 Å². The lowest BCUT2D eigenvalue weighted by molar-refractivity contribution is 0.0746. The molecule has 2 aromatic rings. The summed E-state index contributed by atoms with van der Waals surface area (Å²) < 4.78 is 0. The first-order valence-corrected chi connectivity index (χ1v) is 7.24. The number of carbonyl (C=O) groups excluding carboxylic acids is 2. The number of nitrogens with one attached hydrogen (secondary N) is 1. The van der Waals surface area contributed by atoms with Crippen molar-refractivity contribution in [2.75, 3.05) is 0 Å². The molecule has 2 aliphatic rings. The minimum atomic E-state index is -0.357. The SMILES string of the molecule is O=C1c2ccccc2C(=O)N1C1=NNC(c2ccccc2O)C1. The van der Waals surface area contributed by atoms with E-state index in [9.17, 15) is 14.7 Å². The lowest BCUT2D eigenvalue weighted by Crippen LogP contribution is -2.35. The van der Waals surface area contributed by atoms with Crippen LogP contribution in [0.3, 0.4) is 0 Å². The summed E-state index contributed by atoms with van der Waals surface area (Å²) in [6.45, 7) is 0. The van der Waals surface area contributed by atoms with Crippen LogP contribution in [0.4, 0.5) is 0 Å². The summed E-state index contributed by atoms with van der Waals surface area (Å²) in [5.74, 6) is -0.193. The number of nitrogens with zero attached hydrogens (tertiary/aromatic N) is 2. The Morgan fingerprint density at radius 1 is 1.00 bits per heavy atom. The number of carbonyl (C=O) groups is 2. The van der Waals surface area contributed by atoms with Crippen LogP contribution < -0.4 is 5.43 Å². The smallest absolute Gasteiger partial charge is 0.267 e. The van der Waals surface area contributed by atoms with E-state index in [1.165, 1.54) is 0 Å². The van der Waals surface area contributed by atoms with Gasteiger partial charge >= 0.3 is 0 Å². The molecule has 1 unspecified atom stereocenters. The third kappa shape index (κ3) is 1.99. The Hall–Kier alpha value is -3.15. The fraction of sp³-hybridized carbons (Fsp3) is 0.118. The number of benzene rings is 2. The highest BCUT2D eigenvalue weighted by atomic mass is 16.3. The summed E-state index contributed by atoms with van der Waals surface area (Å²) in [6, 6.07) is 13.4. The molecule has 0 aromatic heterocycles. The molecule has 0 saturated carbocycles. The Balaban J connectivity index is 1.61. The predicted octanol–water partition coefficient (Wildman–Crippen LogP) is 2.04. The van der Waals surface area contributed by atoms with Gasteiger partial charge in [0.15, 0.2) is 0 Å². The van der Waals surface area contributed by atoms with Gasteiger partial charge < -0.3 is 10.5 Å². The van der Waals surface area contributed by atoms with Crippen molar-refractivity contribution in [1.82, 2.24) is 10.3 Å². The number of rotatable bonds is 1. The predicted molar refractivity (Wildman–Crippen MR) is 83.0 cm³/mol. The Kier molecular flexibility index (Phi) is 2.90. The fourth-order valence-corrected chi connectivity index (χ4v) is 2.95. The van der Waals surface area contributed by atoms with E-state index < -0.39 is 0 Å². The first-order chi connectivity index (χ1) is 11.2. The topological polar surface area (TPSA) is 82.0 Å². The molecule has 0 saturated heterocycles. The summed E-state index contributed by atoms with van der Waals surface area (Å²) in [4.78, 5) is 26.0. The van der Waals surface area contributed by atoms with Gasteiger partial charge in [-0.15, -0.1) is 0 Å². The van der Waals surface area contributed by atoms with Crippen molar-refractivity contribution >= 4 is 17.6 Å². The maximum absolute atomic E-state index is 12.5. The van der Waals surface area contributed by atoms with E-state index in [1.54, 1.807) is 42.5 Å². The molecule has 0 radical (unpaired) electrons. The van der Waals surface area contributed by atoms with Crippen molar-refractivity contribution in [1.29, 1.82) is 0 Å². The van der Waals surface area contributed by atoms with Gasteiger partial charge in [-0.3, -0.25) is 9.59 Å². The number of hydrogen-bond donors (Lipinski definition) is 2. The number of amidine groups is 1. The minimum Gasteiger partial charge on any atom is -0.508 e. The molecule has 1 atom stereocenters. The Bertz CT molecular complexity index is 825. The molecule has 0 aliphatic carbocycles. The first kappa shape index (κ1) is 13.5. The summed E-state index contributed by atoms with van der Waals surface area (Å²) in [6.07, 6.45) is 0.350. The monoisotopic (exact) mass is 307 g/mol. The molecule has 6 nitrogen and oxygen atoms in total. The second-order valence-electron chi connectivity index (χ2n) is 5.46. The van der Waals surface area contributed by atoms with E-state index in [0.29, 0.717) is 28.9 Å². The zero-order valence-corrected chi connectivity index (χ0v) is 12.1. The number of hydrazone groups is 1. The van der Waals surface area contributed by atoms with Gasteiger partial charge in [0, 0.05) is 12.0 Å². The standard InChI is InChI=1S/C17H13N3O3/c21-14-8-4-3-7-12(14)13-9-15(19-18-13)20-16(22)10-5-1-2-6-11(10)17(20)23/h1-8,13,18,21H,9H2. The van der Waals surface area contributed by atoms with E-state index in [-0.39, 0.29) is 23.6 Å². The maximum Gasteiger partial charge on any atom is 0.267 e. The van der Waals surface area contributed by atoms with E-state index in [0.717, 1.165) is 4.90 Å². The molecule has 2 amide bonds. The van der Waals surface area contributed by atoms with Crippen molar-refractivity contribution in [3.05, 3.63) is 65.2 Å². The molecule has 0 bridgehead atoms. The fourth-order valence-electron chi connectivity index (χ4n) is 2.95. The zero-order valence-electron chi connectivity index (χ0n) is 12.1. The number of phenols is 1. The van der Waals surface area contributed by atoms with Gasteiger partial charge in [0.25, 0.3) is 11.8 Å². The number of fused-ring (bicyclic) bond motifs is 1. The van der Waals surface area contributed by atoms with Gasteiger partial charge in [0.1, 0.15) is 11.6 Å². The molecule has 2 heterocycles. The van der Waals surface area contributed by atoms with E-state index >= 15 is 0 Å². The molecular weight excluding hydrogens is 294 g/mol. The molecule has 23 heavy (non-hydrogen) atoms. The van der Waals surface area contributed by atoms with Gasteiger partial charge in [-0.25, -0.2) is 4.90 Å². The lowest BCUT2D eigenvalue weighted by atomic mass is 10.0. The van der Waals surface area contributed by atoms with Crippen molar-refractivity contribution in [2.45, 2.75) is 12.5 Å². The van der Waals surface area contributed by atoms with E-state index in [1.807, 2.05) is 6.07 Å². The molecule has 6 heteroatoms. The second-order valence-corrected chi connectivity index (χ2v) is 5.46. The van der Waals surface area contributed by atoms with Crippen LogP contribution in [-0.2, 0) is 0 Å². The van der Waals surface area contributed by atoms with Gasteiger partial charge in [0.05, 0.1) is 17.2 Å². The first-order valence-electron chi connectivity index (χ1n) is 7.24. The minimum absolute atomic E-state index is 0.156. The summed E-state index contributed by atoms with van der Waals surface area (Å²) in [5, 5.41) is 14.1. The van der Waals surface area contributed by atoms with E-state index in [2.05, 4.69) is 10.5 Å². The van der Waals surface area contributed by atoms with Crippen LogP contribution in [0.25, 0.3) is 0 Å². The van der Waals surface area contributed by atoms with Crippen LogP contribution in [0.1, 0.15) is 38.7 Å². The quantitative estimate of drug-likeness (QED) is 0.790. The Morgan fingerprint density at radius 2 is 1.61 bits per heavy atom. The van der Waals surface area contributed by atoms with Crippen LogP contribution >= 0.6 is 0 Å². The van der Waals surface area contributed by atoms with Crippen LogP contribution in [0.2, 0.25) is 0 Å². The molecule has 2 aromatic carbocycles. The highest BCUT2D eigenvalue weighted by molar-refractivity contribution is 6.29. The normalized spacial score (nSPS) is 19.6. The Morgan fingerprint density at radius 3 is 2.26 bits per heavy atom. The summed E-state index contributed by atoms with van der Waals surface area (Å²) >= 11 is 0. The van der Waals surface area contributed by atoms with Crippen molar-refractivity contribution in [3.8, 4) is 5.75 Å². The third-order valence-electron chi connectivity index (χ3n) is 4.10. The van der Waals surface area contributed by atoms with Gasteiger partial charge in [-0.1, -0.05) is 30.3 Å². The zero-order chi connectivity index (χ0) is 16.0. The van der Waals surface area contributed by atoms with Crippen LogP contribution in [-0.4, -0.2) is 27.7 Å². The van der Waals surface area contributed by atoms with Crippen molar-refractivity contribution in [3.63, 3.8) is 0 Å². The average molecular weight is 307 g/mol. The third-order valence-corrected chi connectivity index (χ3v) is 4.10. The van der Waals surface area contributed by atoms with Gasteiger partial charge in [-0.05, 0) is 18.2 Å². The average Bonchev–Trinajstić information content (AvgIpc) is 3.13.